The molecule has 0 unspecified atom stereocenters. The second-order valence-corrected chi connectivity index (χ2v) is 6.43. The minimum Gasteiger partial charge on any atom is -0.465 e. The number of benzene rings is 1. The lowest BCUT2D eigenvalue weighted by Gasteiger charge is -2.10. The maximum absolute atomic E-state index is 13.1. The molecule has 2 aromatic heterocycles. The van der Waals surface area contributed by atoms with E-state index in [2.05, 4.69) is 10.3 Å². The monoisotopic (exact) mass is 395 g/mol. The molecule has 3 rings (SSSR count). The Morgan fingerprint density at radius 2 is 1.66 bits per heavy atom. The van der Waals surface area contributed by atoms with Crippen LogP contribution in [0.4, 0.5) is 5.69 Å². The molecule has 0 bridgehead atoms. The summed E-state index contributed by atoms with van der Waals surface area (Å²) >= 11 is 0. The normalized spacial score (nSPS) is 10.6. The standard InChI is InChI=1S/C21H21N3O5/c1-5-16-18(24-7-6-12(2)8-17(24)23-16)19(25)22-15-10-13(20(26)28-3)9-14(11-15)21(27)29-4/h6-11H,5H2,1-4H3,(H,22,25). The van der Waals surface area contributed by atoms with E-state index in [1.807, 2.05) is 26.0 Å². The minimum atomic E-state index is -0.634. The van der Waals surface area contributed by atoms with Crippen molar-refractivity contribution in [3.63, 3.8) is 0 Å². The maximum atomic E-state index is 13.1. The number of hydrogen-bond acceptors (Lipinski definition) is 6. The second-order valence-electron chi connectivity index (χ2n) is 6.43. The molecular formula is C21H21N3O5. The summed E-state index contributed by atoms with van der Waals surface area (Å²) in [4.78, 5) is 41.5. The molecule has 0 saturated carbocycles. The van der Waals surface area contributed by atoms with E-state index in [-0.39, 0.29) is 16.8 Å². The van der Waals surface area contributed by atoms with Crippen molar-refractivity contribution in [2.45, 2.75) is 20.3 Å². The number of nitrogens with one attached hydrogen (secondary N) is 1. The van der Waals surface area contributed by atoms with Crippen molar-refractivity contribution in [1.29, 1.82) is 0 Å². The number of aromatic nitrogens is 2. The number of esters is 2. The van der Waals surface area contributed by atoms with Gasteiger partial charge in [0.05, 0.1) is 31.0 Å². The second kappa shape index (κ2) is 8.14. The fourth-order valence-electron chi connectivity index (χ4n) is 3.04. The van der Waals surface area contributed by atoms with Gasteiger partial charge in [-0.1, -0.05) is 6.92 Å². The summed E-state index contributed by atoms with van der Waals surface area (Å²) in [5.41, 5.74) is 3.25. The fraction of sp³-hybridized carbons (Fsp3) is 0.238. The highest BCUT2D eigenvalue weighted by Crippen LogP contribution is 2.20. The molecule has 0 aliphatic carbocycles. The van der Waals surface area contributed by atoms with Gasteiger partial charge in [-0.15, -0.1) is 0 Å². The van der Waals surface area contributed by atoms with E-state index in [1.54, 1.807) is 10.6 Å². The summed E-state index contributed by atoms with van der Waals surface area (Å²) in [5.74, 6) is -1.67. The van der Waals surface area contributed by atoms with Crippen molar-refractivity contribution in [2.75, 3.05) is 19.5 Å². The zero-order valence-corrected chi connectivity index (χ0v) is 16.6. The molecule has 0 fully saturated rings. The first kappa shape index (κ1) is 20.1. The number of rotatable bonds is 5. The number of carbonyl (C=O) groups is 3. The van der Waals surface area contributed by atoms with E-state index in [0.29, 0.717) is 23.5 Å². The Morgan fingerprint density at radius 3 is 2.21 bits per heavy atom. The Labute approximate surface area is 167 Å². The SMILES string of the molecule is CCc1nc2cc(C)ccn2c1C(=O)Nc1cc(C(=O)OC)cc(C(=O)OC)c1. The number of amides is 1. The number of methoxy groups -OCH3 is 2. The Morgan fingerprint density at radius 1 is 1.03 bits per heavy atom. The third kappa shape index (κ3) is 3.96. The topological polar surface area (TPSA) is 99.0 Å². The number of fused-ring (bicyclic) bond motifs is 1. The Bertz CT molecular complexity index is 1080. The molecule has 3 aromatic rings. The summed E-state index contributed by atoms with van der Waals surface area (Å²) in [6, 6.07) is 8.01. The van der Waals surface area contributed by atoms with Crippen molar-refractivity contribution in [3.8, 4) is 0 Å². The van der Waals surface area contributed by atoms with Crippen LogP contribution in [-0.2, 0) is 15.9 Å². The first-order valence-corrected chi connectivity index (χ1v) is 8.98. The minimum absolute atomic E-state index is 0.121. The van der Waals surface area contributed by atoms with Crippen LogP contribution in [0.1, 0.15) is 49.4 Å². The zero-order valence-electron chi connectivity index (χ0n) is 16.6. The van der Waals surface area contributed by atoms with E-state index in [4.69, 9.17) is 9.47 Å². The summed E-state index contributed by atoms with van der Waals surface area (Å²) in [6.07, 6.45) is 2.36. The summed E-state index contributed by atoms with van der Waals surface area (Å²) < 4.78 is 11.2. The number of imidazole rings is 1. The van der Waals surface area contributed by atoms with Crippen LogP contribution < -0.4 is 5.32 Å². The Hall–Kier alpha value is -3.68. The fourth-order valence-corrected chi connectivity index (χ4v) is 3.04. The molecule has 8 heteroatoms. The summed E-state index contributed by atoms with van der Waals surface area (Å²) in [7, 11) is 2.47. The molecular weight excluding hydrogens is 374 g/mol. The number of hydrogen-bond donors (Lipinski definition) is 1. The largest absolute Gasteiger partial charge is 0.465 e. The lowest BCUT2D eigenvalue weighted by molar-refractivity contribution is 0.0599. The third-order valence-corrected chi connectivity index (χ3v) is 4.44. The highest BCUT2D eigenvalue weighted by molar-refractivity contribution is 6.06. The van der Waals surface area contributed by atoms with E-state index in [9.17, 15) is 14.4 Å². The number of aryl methyl sites for hydroxylation is 2. The van der Waals surface area contributed by atoms with E-state index >= 15 is 0 Å². The predicted octanol–water partition coefficient (Wildman–Crippen LogP) is 3.03. The molecule has 2 heterocycles. The smallest absolute Gasteiger partial charge is 0.337 e. The third-order valence-electron chi connectivity index (χ3n) is 4.44. The van der Waals surface area contributed by atoms with E-state index in [0.717, 1.165) is 5.56 Å². The van der Waals surface area contributed by atoms with Crippen molar-refractivity contribution in [1.82, 2.24) is 9.38 Å². The molecule has 150 valence electrons. The van der Waals surface area contributed by atoms with Crippen LogP contribution in [0.3, 0.4) is 0 Å². The van der Waals surface area contributed by atoms with Gasteiger partial charge in [0, 0.05) is 11.9 Å². The first-order chi connectivity index (χ1) is 13.9. The molecule has 29 heavy (non-hydrogen) atoms. The number of ether oxygens (including phenoxy) is 2. The molecule has 0 atom stereocenters. The van der Waals surface area contributed by atoms with Gasteiger partial charge in [0.25, 0.3) is 5.91 Å². The van der Waals surface area contributed by atoms with Gasteiger partial charge in [0.15, 0.2) is 0 Å². The molecule has 0 aliphatic heterocycles. The number of pyridine rings is 1. The van der Waals surface area contributed by atoms with Gasteiger partial charge in [-0.3, -0.25) is 9.20 Å². The molecule has 1 N–H and O–H groups in total. The summed E-state index contributed by atoms with van der Waals surface area (Å²) in [6.45, 7) is 3.87. The van der Waals surface area contributed by atoms with Gasteiger partial charge in [0.1, 0.15) is 11.3 Å². The zero-order chi connectivity index (χ0) is 21.1. The van der Waals surface area contributed by atoms with Gasteiger partial charge in [-0.25, -0.2) is 14.6 Å². The number of anilines is 1. The number of carbonyl (C=O) groups excluding carboxylic acids is 3. The van der Waals surface area contributed by atoms with Crippen LogP contribution >= 0.6 is 0 Å². The van der Waals surface area contributed by atoms with Gasteiger partial charge in [0.2, 0.25) is 0 Å². The van der Waals surface area contributed by atoms with Crippen LogP contribution in [0, 0.1) is 6.92 Å². The Balaban J connectivity index is 2.04. The predicted molar refractivity (Wildman–Crippen MR) is 106 cm³/mol. The quantitative estimate of drug-likeness (QED) is 0.667. The molecule has 1 aromatic carbocycles. The van der Waals surface area contributed by atoms with Crippen LogP contribution in [0.25, 0.3) is 5.65 Å². The van der Waals surface area contributed by atoms with Gasteiger partial charge in [-0.05, 0) is 49.2 Å². The molecule has 0 spiro atoms. The first-order valence-electron chi connectivity index (χ1n) is 8.98. The van der Waals surface area contributed by atoms with E-state index in [1.165, 1.54) is 32.4 Å². The Kier molecular flexibility index (Phi) is 5.63. The lowest BCUT2D eigenvalue weighted by Crippen LogP contribution is -2.17. The highest BCUT2D eigenvalue weighted by atomic mass is 16.5. The molecule has 0 radical (unpaired) electrons. The van der Waals surface area contributed by atoms with Crippen LogP contribution in [0.5, 0.6) is 0 Å². The van der Waals surface area contributed by atoms with Gasteiger partial charge in [-0.2, -0.15) is 0 Å². The molecule has 1 amide bonds. The lowest BCUT2D eigenvalue weighted by atomic mass is 10.1. The summed E-state index contributed by atoms with van der Waals surface area (Å²) in [5, 5.41) is 2.75. The number of nitrogens with zero attached hydrogens (tertiary/aromatic N) is 2. The van der Waals surface area contributed by atoms with Gasteiger partial charge < -0.3 is 14.8 Å². The van der Waals surface area contributed by atoms with Crippen molar-refractivity contribution in [2.24, 2.45) is 0 Å². The van der Waals surface area contributed by atoms with Crippen molar-refractivity contribution in [3.05, 3.63) is 64.6 Å². The van der Waals surface area contributed by atoms with Crippen LogP contribution in [0.2, 0.25) is 0 Å². The van der Waals surface area contributed by atoms with Crippen molar-refractivity contribution >= 4 is 29.2 Å². The van der Waals surface area contributed by atoms with Crippen LogP contribution in [0.15, 0.2) is 36.5 Å². The molecule has 8 nitrogen and oxygen atoms in total. The van der Waals surface area contributed by atoms with Crippen molar-refractivity contribution < 1.29 is 23.9 Å². The molecule has 0 saturated heterocycles. The van der Waals surface area contributed by atoms with Gasteiger partial charge >= 0.3 is 11.9 Å². The average molecular weight is 395 g/mol. The maximum Gasteiger partial charge on any atom is 0.337 e. The van der Waals surface area contributed by atoms with E-state index < -0.39 is 17.8 Å². The average Bonchev–Trinajstić information content (AvgIpc) is 3.09. The molecule has 0 aliphatic rings. The van der Waals surface area contributed by atoms with Crippen LogP contribution in [-0.4, -0.2) is 41.5 Å². The highest BCUT2D eigenvalue weighted by Gasteiger charge is 2.20.